The van der Waals surface area contributed by atoms with Crippen molar-refractivity contribution in [3.8, 4) is 0 Å². The number of hydrogen-bond acceptors (Lipinski definition) is 3. The highest BCUT2D eigenvalue weighted by atomic mass is 35.5. The third-order valence-corrected chi connectivity index (χ3v) is 2.98. The van der Waals surface area contributed by atoms with Crippen molar-refractivity contribution in [3.63, 3.8) is 0 Å². The summed E-state index contributed by atoms with van der Waals surface area (Å²) in [6.07, 6.45) is 1.26. The molecular weight excluding hydrogens is 258 g/mol. The van der Waals surface area contributed by atoms with Crippen LogP contribution in [0, 0.1) is 15.5 Å². The summed E-state index contributed by atoms with van der Waals surface area (Å²) in [6, 6.07) is 4.17. The summed E-state index contributed by atoms with van der Waals surface area (Å²) in [5.41, 5.74) is -1.12. The van der Waals surface area contributed by atoms with Crippen molar-refractivity contribution in [1.82, 2.24) is 0 Å². The van der Waals surface area contributed by atoms with Crippen LogP contribution in [0.4, 0.5) is 5.69 Å². The summed E-state index contributed by atoms with van der Waals surface area (Å²) in [5.74, 6) is -1.08. The van der Waals surface area contributed by atoms with Gasteiger partial charge >= 0.3 is 5.97 Å². The topological polar surface area (TPSA) is 80.4 Å². The predicted octanol–water partition coefficient (Wildman–Crippen LogP) is 3.07. The van der Waals surface area contributed by atoms with Gasteiger partial charge in [-0.2, -0.15) is 0 Å². The molecule has 0 saturated carbocycles. The lowest BCUT2D eigenvalue weighted by Crippen LogP contribution is -2.27. The van der Waals surface area contributed by atoms with Crippen LogP contribution in [-0.4, -0.2) is 16.0 Å². The highest BCUT2D eigenvalue weighted by molar-refractivity contribution is 6.30. The Bertz CT molecular complexity index is 515. The Morgan fingerprint density at radius 3 is 2.72 bits per heavy atom. The van der Waals surface area contributed by atoms with Crippen LogP contribution in [0.5, 0.6) is 0 Å². The van der Waals surface area contributed by atoms with Crippen LogP contribution in [0.2, 0.25) is 5.02 Å². The molecule has 1 atom stereocenters. The largest absolute Gasteiger partial charge is 0.481 e. The van der Waals surface area contributed by atoms with E-state index in [4.69, 9.17) is 16.7 Å². The lowest BCUT2D eigenvalue weighted by atomic mass is 9.83. The Hall–Kier alpha value is -1.88. The number of hydrogen-bond donors (Lipinski definition) is 1. The standard InChI is InChI=1S/C12H12ClNO4/c1-3-12(2,11(15)16)7-8-4-5-9(13)6-10(8)14(17)18/h3-6H,1,7H2,2H3,(H,15,16). The third kappa shape index (κ3) is 2.87. The molecule has 0 aliphatic carbocycles. The monoisotopic (exact) mass is 269 g/mol. The van der Waals surface area contributed by atoms with Gasteiger partial charge in [0.05, 0.1) is 10.3 Å². The first-order valence-corrected chi connectivity index (χ1v) is 5.48. The molecule has 5 nitrogen and oxygen atoms in total. The smallest absolute Gasteiger partial charge is 0.313 e. The summed E-state index contributed by atoms with van der Waals surface area (Å²) in [6.45, 7) is 4.92. The van der Waals surface area contributed by atoms with Crippen LogP contribution in [0.3, 0.4) is 0 Å². The number of carboxylic acid groups (broad SMARTS) is 1. The van der Waals surface area contributed by atoms with Gasteiger partial charge < -0.3 is 5.11 Å². The summed E-state index contributed by atoms with van der Waals surface area (Å²) >= 11 is 5.69. The van der Waals surface area contributed by atoms with Crippen molar-refractivity contribution in [2.24, 2.45) is 5.41 Å². The Labute approximate surface area is 109 Å². The molecule has 0 aliphatic heterocycles. The molecule has 0 fully saturated rings. The number of aliphatic carboxylic acids is 1. The minimum atomic E-state index is -1.25. The fourth-order valence-electron chi connectivity index (χ4n) is 1.49. The van der Waals surface area contributed by atoms with Gasteiger partial charge in [0, 0.05) is 16.7 Å². The van der Waals surface area contributed by atoms with Crippen LogP contribution in [0.1, 0.15) is 12.5 Å². The first kappa shape index (κ1) is 14.2. The molecule has 0 aliphatic rings. The fourth-order valence-corrected chi connectivity index (χ4v) is 1.65. The molecule has 1 unspecified atom stereocenters. The van der Waals surface area contributed by atoms with Gasteiger partial charge in [-0.25, -0.2) is 0 Å². The van der Waals surface area contributed by atoms with Crippen molar-refractivity contribution in [3.05, 3.63) is 51.6 Å². The zero-order chi connectivity index (χ0) is 13.9. The van der Waals surface area contributed by atoms with Gasteiger partial charge in [0.15, 0.2) is 0 Å². The van der Waals surface area contributed by atoms with Crippen molar-refractivity contribution in [2.75, 3.05) is 0 Å². The first-order valence-electron chi connectivity index (χ1n) is 5.10. The molecule has 1 N–H and O–H groups in total. The quantitative estimate of drug-likeness (QED) is 0.506. The van der Waals surface area contributed by atoms with E-state index < -0.39 is 16.3 Å². The zero-order valence-corrected chi connectivity index (χ0v) is 10.5. The van der Waals surface area contributed by atoms with Gasteiger partial charge in [-0.3, -0.25) is 14.9 Å². The Morgan fingerprint density at radius 2 is 2.28 bits per heavy atom. The second-order valence-corrected chi connectivity index (χ2v) is 4.57. The molecule has 0 aromatic heterocycles. The van der Waals surface area contributed by atoms with Gasteiger partial charge in [0.2, 0.25) is 0 Å². The summed E-state index contributed by atoms with van der Waals surface area (Å²) < 4.78 is 0. The second kappa shape index (κ2) is 5.18. The van der Waals surface area contributed by atoms with Crippen molar-refractivity contribution >= 4 is 23.3 Å². The number of carbonyl (C=O) groups is 1. The second-order valence-electron chi connectivity index (χ2n) is 4.13. The van der Waals surface area contributed by atoms with Crippen LogP contribution in [-0.2, 0) is 11.2 Å². The molecule has 0 amide bonds. The van der Waals surface area contributed by atoms with E-state index in [2.05, 4.69) is 6.58 Å². The molecule has 18 heavy (non-hydrogen) atoms. The Morgan fingerprint density at radius 1 is 1.67 bits per heavy atom. The molecular formula is C12H12ClNO4. The predicted molar refractivity (Wildman–Crippen MR) is 67.8 cm³/mol. The van der Waals surface area contributed by atoms with E-state index in [0.29, 0.717) is 5.56 Å². The van der Waals surface area contributed by atoms with Gasteiger partial charge in [-0.15, -0.1) is 6.58 Å². The van der Waals surface area contributed by atoms with E-state index in [0.717, 1.165) is 0 Å². The number of nitro benzene ring substituents is 1. The molecule has 96 valence electrons. The Balaban J connectivity index is 3.22. The van der Waals surface area contributed by atoms with E-state index in [1.54, 1.807) is 0 Å². The van der Waals surface area contributed by atoms with E-state index in [1.807, 2.05) is 0 Å². The van der Waals surface area contributed by atoms with E-state index in [9.17, 15) is 14.9 Å². The molecule has 1 aromatic carbocycles. The number of rotatable bonds is 5. The molecule has 1 rings (SSSR count). The summed E-state index contributed by atoms with van der Waals surface area (Å²) in [5, 5.41) is 20.2. The molecule has 0 spiro atoms. The molecule has 0 bridgehead atoms. The highest BCUT2D eigenvalue weighted by Crippen LogP contribution is 2.31. The average molecular weight is 270 g/mol. The van der Waals surface area contributed by atoms with Crippen LogP contribution in [0.25, 0.3) is 0 Å². The lowest BCUT2D eigenvalue weighted by Gasteiger charge is -2.20. The van der Waals surface area contributed by atoms with Gasteiger partial charge in [0.25, 0.3) is 5.69 Å². The fraction of sp³-hybridized carbons (Fsp3) is 0.250. The van der Waals surface area contributed by atoms with E-state index in [-0.39, 0.29) is 17.1 Å². The maximum Gasteiger partial charge on any atom is 0.313 e. The minimum Gasteiger partial charge on any atom is -0.481 e. The Kier molecular flexibility index (Phi) is 4.08. The van der Waals surface area contributed by atoms with E-state index >= 15 is 0 Å². The van der Waals surface area contributed by atoms with Crippen molar-refractivity contribution in [1.29, 1.82) is 0 Å². The van der Waals surface area contributed by atoms with E-state index in [1.165, 1.54) is 31.2 Å². The first-order chi connectivity index (χ1) is 8.30. The van der Waals surface area contributed by atoms with Crippen molar-refractivity contribution in [2.45, 2.75) is 13.3 Å². The van der Waals surface area contributed by atoms with Crippen LogP contribution < -0.4 is 0 Å². The molecule has 0 saturated heterocycles. The number of halogens is 1. The summed E-state index contributed by atoms with van der Waals surface area (Å²) in [4.78, 5) is 21.5. The molecule has 0 radical (unpaired) electrons. The molecule has 6 heteroatoms. The maximum absolute atomic E-state index is 11.1. The van der Waals surface area contributed by atoms with Crippen LogP contribution >= 0.6 is 11.6 Å². The SMILES string of the molecule is C=CC(C)(Cc1ccc(Cl)cc1[N+](=O)[O-])C(=O)O. The number of carboxylic acids is 1. The minimum absolute atomic E-state index is 0.0146. The number of nitro groups is 1. The maximum atomic E-state index is 11.1. The number of benzene rings is 1. The third-order valence-electron chi connectivity index (χ3n) is 2.74. The van der Waals surface area contributed by atoms with Gasteiger partial charge in [0.1, 0.15) is 0 Å². The van der Waals surface area contributed by atoms with Crippen molar-refractivity contribution < 1.29 is 14.8 Å². The normalized spacial score (nSPS) is 13.7. The van der Waals surface area contributed by atoms with Gasteiger partial charge in [-0.05, 0) is 19.4 Å². The average Bonchev–Trinajstić information content (AvgIpc) is 2.30. The zero-order valence-electron chi connectivity index (χ0n) is 9.72. The molecule has 0 heterocycles. The summed E-state index contributed by atoms with van der Waals surface area (Å²) in [7, 11) is 0. The van der Waals surface area contributed by atoms with Gasteiger partial charge in [-0.1, -0.05) is 23.7 Å². The highest BCUT2D eigenvalue weighted by Gasteiger charge is 2.32. The van der Waals surface area contributed by atoms with Crippen LogP contribution in [0.15, 0.2) is 30.9 Å². The lowest BCUT2D eigenvalue weighted by molar-refractivity contribution is -0.385. The number of nitrogens with zero attached hydrogens (tertiary/aromatic N) is 1. The molecule has 1 aromatic rings.